The fraction of sp³-hybridized carbons (Fsp3) is 0.647. The summed E-state index contributed by atoms with van der Waals surface area (Å²) in [6, 6.07) is 3.85. The number of ether oxygens (including phenoxy) is 1. The largest absolute Gasteiger partial charge is 0.504 e. The molecule has 4 nitrogen and oxygen atoms in total. The Balaban J connectivity index is 2.01. The molecule has 21 heavy (non-hydrogen) atoms. The number of phenolic OH excluding ortho intramolecular Hbond substituents is 1. The van der Waals surface area contributed by atoms with Gasteiger partial charge in [0, 0.05) is 11.6 Å². The van der Waals surface area contributed by atoms with Crippen LogP contribution in [0.15, 0.2) is 12.1 Å². The van der Waals surface area contributed by atoms with E-state index in [-0.39, 0.29) is 17.9 Å². The number of rotatable bonds is 1. The SMILES string of the molecule is CCN1CC[C@]23c4c(ccc(O)c4O[C@H]2C)C[C@@H]1[C@@]3(C)O. The highest BCUT2D eigenvalue weighted by atomic mass is 16.5. The highest BCUT2D eigenvalue weighted by Gasteiger charge is 2.66. The van der Waals surface area contributed by atoms with Crippen LogP contribution in [0.2, 0.25) is 0 Å². The van der Waals surface area contributed by atoms with E-state index in [0.29, 0.717) is 5.75 Å². The van der Waals surface area contributed by atoms with Gasteiger partial charge in [-0.3, -0.25) is 4.90 Å². The van der Waals surface area contributed by atoms with Gasteiger partial charge in [0.2, 0.25) is 0 Å². The lowest BCUT2D eigenvalue weighted by atomic mass is 9.54. The van der Waals surface area contributed by atoms with Crippen molar-refractivity contribution >= 4 is 0 Å². The molecule has 1 fully saturated rings. The van der Waals surface area contributed by atoms with Crippen molar-refractivity contribution in [2.45, 2.75) is 56.8 Å². The molecule has 2 heterocycles. The topological polar surface area (TPSA) is 52.9 Å². The summed E-state index contributed by atoms with van der Waals surface area (Å²) < 4.78 is 6.01. The van der Waals surface area contributed by atoms with Gasteiger partial charge in [-0.1, -0.05) is 13.0 Å². The van der Waals surface area contributed by atoms with Crippen LogP contribution in [0.4, 0.5) is 0 Å². The molecule has 1 aromatic rings. The highest BCUT2D eigenvalue weighted by molar-refractivity contribution is 5.61. The summed E-state index contributed by atoms with van der Waals surface area (Å²) in [4.78, 5) is 2.38. The second kappa shape index (κ2) is 3.93. The number of fused-ring (bicyclic) bond motifs is 1. The van der Waals surface area contributed by atoms with Crippen LogP contribution in [0.25, 0.3) is 0 Å². The third-order valence-electron chi connectivity index (χ3n) is 6.26. The lowest BCUT2D eigenvalue weighted by Crippen LogP contribution is -2.72. The third-order valence-corrected chi connectivity index (χ3v) is 6.26. The minimum Gasteiger partial charge on any atom is -0.504 e. The Morgan fingerprint density at radius 3 is 2.90 bits per heavy atom. The quantitative estimate of drug-likeness (QED) is 0.828. The maximum absolute atomic E-state index is 11.4. The van der Waals surface area contributed by atoms with E-state index < -0.39 is 11.0 Å². The van der Waals surface area contributed by atoms with Gasteiger partial charge in [0.05, 0.1) is 11.0 Å². The van der Waals surface area contributed by atoms with Crippen molar-refractivity contribution in [1.82, 2.24) is 4.90 Å². The molecule has 0 saturated carbocycles. The van der Waals surface area contributed by atoms with Gasteiger partial charge in [-0.2, -0.15) is 0 Å². The predicted octanol–water partition coefficient (Wildman–Crippen LogP) is 1.81. The second-order valence-electron chi connectivity index (χ2n) is 6.93. The number of aromatic hydroxyl groups is 1. The lowest BCUT2D eigenvalue weighted by Gasteiger charge is -2.59. The molecule has 4 heteroatoms. The molecule has 2 bridgehead atoms. The van der Waals surface area contributed by atoms with E-state index in [9.17, 15) is 10.2 Å². The number of benzene rings is 1. The van der Waals surface area contributed by atoms with Crippen molar-refractivity contribution in [2.75, 3.05) is 13.1 Å². The first kappa shape index (κ1) is 13.4. The number of phenols is 1. The van der Waals surface area contributed by atoms with Gasteiger partial charge < -0.3 is 14.9 Å². The van der Waals surface area contributed by atoms with Crippen LogP contribution >= 0.6 is 0 Å². The van der Waals surface area contributed by atoms with Crippen molar-refractivity contribution in [1.29, 1.82) is 0 Å². The molecule has 2 N–H and O–H groups in total. The molecule has 4 rings (SSSR count). The van der Waals surface area contributed by atoms with Crippen LogP contribution in [0.3, 0.4) is 0 Å². The van der Waals surface area contributed by atoms with Crippen LogP contribution in [-0.4, -0.2) is 45.9 Å². The van der Waals surface area contributed by atoms with E-state index in [2.05, 4.69) is 11.8 Å². The zero-order valence-electron chi connectivity index (χ0n) is 12.9. The Bertz CT molecular complexity index is 612. The Morgan fingerprint density at radius 1 is 1.43 bits per heavy atom. The van der Waals surface area contributed by atoms with Crippen molar-refractivity contribution in [3.63, 3.8) is 0 Å². The van der Waals surface area contributed by atoms with Crippen molar-refractivity contribution in [3.8, 4) is 11.5 Å². The maximum atomic E-state index is 11.4. The molecule has 0 amide bonds. The van der Waals surface area contributed by atoms with E-state index in [1.54, 1.807) is 6.07 Å². The fourth-order valence-corrected chi connectivity index (χ4v) is 5.16. The number of likely N-dealkylation sites (tertiary alicyclic amines) is 1. The molecule has 1 saturated heterocycles. The molecule has 2 aliphatic heterocycles. The molecule has 114 valence electrons. The maximum Gasteiger partial charge on any atom is 0.165 e. The number of likely N-dealkylation sites (N-methyl/N-ethyl adjacent to an activating group) is 1. The minimum atomic E-state index is -0.841. The fourth-order valence-electron chi connectivity index (χ4n) is 5.16. The molecule has 3 aliphatic rings. The zero-order valence-corrected chi connectivity index (χ0v) is 12.9. The third kappa shape index (κ3) is 1.33. The van der Waals surface area contributed by atoms with Crippen LogP contribution in [0.5, 0.6) is 11.5 Å². The van der Waals surface area contributed by atoms with Gasteiger partial charge in [0.1, 0.15) is 6.10 Å². The van der Waals surface area contributed by atoms with Gasteiger partial charge in [-0.05, 0) is 51.4 Å². The minimum absolute atomic E-state index is 0.114. The first-order chi connectivity index (χ1) is 9.93. The normalized spacial score (nSPS) is 40.8. The molecule has 1 aliphatic carbocycles. The summed E-state index contributed by atoms with van der Waals surface area (Å²) in [5.74, 6) is 0.799. The number of aliphatic hydroxyl groups is 1. The van der Waals surface area contributed by atoms with E-state index in [4.69, 9.17) is 4.74 Å². The lowest BCUT2D eigenvalue weighted by molar-refractivity contribution is -0.150. The molecule has 0 unspecified atom stereocenters. The van der Waals surface area contributed by atoms with E-state index in [0.717, 1.165) is 31.5 Å². The highest BCUT2D eigenvalue weighted by Crippen LogP contribution is 2.61. The molecule has 4 atom stereocenters. The van der Waals surface area contributed by atoms with Crippen molar-refractivity contribution in [3.05, 3.63) is 23.3 Å². The van der Waals surface area contributed by atoms with Crippen molar-refractivity contribution in [2.24, 2.45) is 0 Å². The predicted molar refractivity (Wildman–Crippen MR) is 79.9 cm³/mol. The molecule has 1 spiro atoms. The second-order valence-corrected chi connectivity index (χ2v) is 6.93. The summed E-state index contributed by atoms with van der Waals surface area (Å²) in [6.45, 7) is 8.06. The van der Waals surface area contributed by atoms with Crippen LogP contribution in [-0.2, 0) is 11.8 Å². The first-order valence-corrected chi connectivity index (χ1v) is 7.92. The van der Waals surface area contributed by atoms with E-state index >= 15 is 0 Å². The van der Waals surface area contributed by atoms with Crippen LogP contribution in [0, 0.1) is 0 Å². The average molecular weight is 289 g/mol. The van der Waals surface area contributed by atoms with Gasteiger partial charge in [-0.25, -0.2) is 0 Å². The van der Waals surface area contributed by atoms with Gasteiger partial charge in [0.25, 0.3) is 0 Å². The summed E-state index contributed by atoms with van der Waals surface area (Å²) in [5, 5.41) is 21.6. The molecule has 1 aromatic carbocycles. The summed E-state index contributed by atoms with van der Waals surface area (Å²) in [5.41, 5.74) is 1.05. The standard InChI is InChI=1S/C17H23NO3/c1-4-18-8-7-17-10(2)21-15-12(19)6-5-11(14(15)17)9-13(18)16(17,3)20/h5-6,10,13,19-20H,4,7-9H2,1-3H3/t10-,13+,16+,17+/m0/s1. The van der Waals surface area contributed by atoms with Gasteiger partial charge in [-0.15, -0.1) is 0 Å². The smallest absolute Gasteiger partial charge is 0.165 e. The summed E-state index contributed by atoms with van der Waals surface area (Å²) in [6.07, 6.45) is 1.58. The number of piperidine rings is 1. The molecular formula is C17H23NO3. The molecule has 0 radical (unpaired) electrons. The summed E-state index contributed by atoms with van der Waals surface area (Å²) in [7, 11) is 0. The zero-order chi connectivity index (χ0) is 15.0. The van der Waals surface area contributed by atoms with E-state index in [1.165, 1.54) is 5.56 Å². The average Bonchev–Trinajstić information content (AvgIpc) is 2.72. The van der Waals surface area contributed by atoms with Gasteiger partial charge >= 0.3 is 0 Å². The Morgan fingerprint density at radius 2 is 2.19 bits per heavy atom. The Labute approximate surface area is 125 Å². The number of hydrogen-bond acceptors (Lipinski definition) is 4. The van der Waals surface area contributed by atoms with Crippen molar-refractivity contribution < 1.29 is 14.9 Å². The Kier molecular flexibility index (Phi) is 2.51. The van der Waals surface area contributed by atoms with Crippen LogP contribution in [0.1, 0.15) is 38.3 Å². The number of hydrogen-bond donors (Lipinski definition) is 2. The molecular weight excluding hydrogens is 266 g/mol. The summed E-state index contributed by atoms with van der Waals surface area (Å²) >= 11 is 0. The van der Waals surface area contributed by atoms with Gasteiger partial charge in [0.15, 0.2) is 11.5 Å². The monoisotopic (exact) mass is 289 g/mol. The molecule has 0 aromatic heterocycles. The Hall–Kier alpha value is -1.26. The van der Waals surface area contributed by atoms with E-state index in [1.807, 2.05) is 19.9 Å². The van der Waals surface area contributed by atoms with Crippen LogP contribution < -0.4 is 4.74 Å². The number of nitrogens with zero attached hydrogens (tertiary/aromatic N) is 1. The first-order valence-electron chi connectivity index (χ1n) is 7.92.